The Bertz CT molecular complexity index is 718. The first kappa shape index (κ1) is 19.7. The maximum atomic E-state index is 12.8. The third-order valence-electron chi connectivity index (χ3n) is 5.60. The van der Waals surface area contributed by atoms with Gasteiger partial charge in [0.15, 0.2) is 0 Å². The molecule has 2 aliphatic rings. The SMILES string of the molecule is CSc1ccc(S(=O)(=O)N2CCC(C(=O)N3CCC(C)CC3)CC2)cc1. The van der Waals surface area contributed by atoms with Crippen molar-refractivity contribution < 1.29 is 13.2 Å². The van der Waals surface area contributed by atoms with E-state index in [1.165, 1.54) is 4.31 Å². The fraction of sp³-hybridized carbons (Fsp3) is 0.632. The number of sulfonamides is 1. The first-order valence-electron chi connectivity index (χ1n) is 9.35. The van der Waals surface area contributed by atoms with E-state index in [0.717, 1.165) is 30.8 Å². The number of carbonyl (C=O) groups is 1. The maximum Gasteiger partial charge on any atom is 0.243 e. The van der Waals surface area contributed by atoms with Crippen LogP contribution < -0.4 is 0 Å². The lowest BCUT2D eigenvalue weighted by atomic mass is 9.93. The average molecular weight is 397 g/mol. The van der Waals surface area contributed by atoms with Crippen LogP contribution in [-0.2, 0) is 14.8 Å². The molecule has 3 rings (SSSR count). The number of hydrogen-bond donors (Lipinski definition) is 0. The van der Waals surface area contributed by atoms with Crippen molar-refractivity contribution in [2.24, 2.45) is 11.8 Å². The van der Waals surface area contributed by atoms with Crippen LogP contribution >= 0.6 is 11.8 Å². The summed E-state index contributed by atoms with van der Waals surface area (Å²) in [6.07, 6.45) is 5.35. The normalized spacial score (nSPS) is 21.1. The van der Waals surface area contributed by atoms with Crippen molar-refractivity contribution in [1.29, 1.82) is 0 Å². The zero-order valence-electron chi connectivity index (χ0n) is 15.6. The minimum atomic E-state index is -3.47. The lowest BCUT2D eigenvalue weighted by Crippen LogP contribution is -2.46. The Morgan fingerprint density at radius 1 is 1.00 bits per heavy atom. The fourth-order valence-corrected chi connectivity index (χ4v) is 5.60. The summed E-state index contributed by atoms with van der Waals surface area (Å²) in [6, 6.07) is 7.02. The van der Waals surface area contributed by atoms with Crippen LogP contribution in [0.5, 0.6) is 0 Å². The van der Waals surface area contributed by atoms with Gasteiger partial charge in [-0.1, -0.05) is 6.92 Å². The van der Waals surface area contributed by atoms with E-state index < -0.39 is 10.0 Å². The molecule has 2 fully saturated rings. The number of thioether (sulfide) groups is 1. The van der Waals surface area contributed by atoms with Crippen molar-refractivity contribution in [3.05, 3.63) is 24.3 Å². The molecular formula is C19H28N2O3S2. The highest BCUT2D eigenvalue weighted by Gasteiger charge is 2.34. The third kappa shape index (κ3) is 4.26. The number of nitrogens with zero attached hydrogens (tertiary/aromatic N) is 2. The smallest absolute Gasteiger partial charge is 0.243 e. The first-order valence-corrected chi connectivity index (χ1v) is 12.0. The monoisotopic (exact) mass is 396 g/mol. The van der Waals surface area contributed by atoms with Gasteiger partial charge in [0.1, 0.15) is 0 Å². The summed E-state index contributed by atoms with van der Waals surface area (Å²) in [5.74, 6) is 0.885. The Morgan fingerprint density at radius 3 is 2.12 bits per heavy atom. The molecule has 1 amide bonds. The van der Waals surface area contributed by atoms with Crippen LogP contribution in [0.1, 0.15) is 32.6 Å². The zero-order chi connectivity index (χ0) is 18.7. The Balaban J connectivity index is 1.59. The van der Waals surface area contributed by atoms with Crippen molar-refractivity contribution in [2.75, 3.05) is 32.4 Å². The summed E-state index contributed by atoms with van der Waals surface area (Å²) in [5.41, 5.74) is 0. The molecule has 0 aromatic heterocycles. The lowest BCUT2D eigenvalue weighted by molar-refractivity contribution is -0.138. The van der Waals surface area contributed by atoms with Crippen molar-refractivity contribution in [2.45, 2.75) is 42.4 Å². The van der Waals surface area contributed by atoms with Gasteiger partial charge in [-0.15, -0.1) is 11.8 Å². The van der Waals surface area contributed by atoms with Gasteiger partial charge in [0.05, 0.1) is 4.90 Å². The molecule has 5 nitrogen and oxygen atoms in total. The predicted molar refractivity (Wildman–Crippen MR) is 105 cm³/mol. The number of hydrogen-bond acceptors (Lipinski definition) is 4. The molecule has 0 saturated carbocycles. The highest BCUT2D eigenvalue weighted by atomic mass is 32.2. The van der Waals surface area contributed by atoms with Gasteiger partial charge >= 0.3 is 0 Å². The maximum absolute atomic E-state index is 12.8. The van der Waals surface area contributed by atoms with E-state index in [2.05, 4.69) is 6.92 Å². The molecule has 0 unspecified atom stereocenters. The van der Waals surface area contributed by atoms with Crippen LogP contribution in [0.4, 0.5) is 0 Å². The summed E-state index contributed by atoms with van der Waals surface area (Å²) in [4.78, 5) is 16.1. The molecule has 0 atom stereocenters. The van der Waals surface area contributed by atoms with Gasteiger partial charge in [-0.05, 0) is 62.1 Å². The second kappa shape index (κ2) is 8.31. The molecule has 7 heteroatoms. The topological polar surface area (TPSA) is 57.7 Å². The Morgan fingerprint density at radius 2 is 1.58 bits per heavy atom. The lowest BCUT2D eigenvalue weighted by Gasteiger charge is -2.36. The Hall–Kier alpha value is -1.05. The molecule has 0 spiro atoms. The highest BCUT2D eigenvalue weighted by Crippen LogP contribution is 2.27. The van der Waals surface area contributed by atoms with Crippen LogP contribution in [0.3, 0.4) is 0 Å². The van der Waals surface area contributed by atoms with Crippen LogP contribution in [0.25, 0.3) is 0 Å². The second-order valence-electron chi connectivity index (χ2n) is 7.36. The summed E-state index contributed by atoms with van der Waals surface area (Å²) in [5, 5.41) is 0. The van der Waals surface area contributed by atoms with E-state index in [0.29, 0.717) is 36.7 Å². The number of carbonyl (C=O) groups excluding carboxylic acids is 1. The second-order valence-corrected chi connectivity index (χ2v) is 10.2. The fourth-order valence-electron chi connectivity index (χ4n) is 3.73. The number of amides is 1. The number of rotatable bonds is 4. The molecule has 26 heavy (non-hydrogen) atoms. The average Bonchev–Trinajstić information content (AvgIpc) is 2.68. The molecule has 2 aliphatic heterocycles. The van der Waals surface area contributed by atoms with Crippen molar-refractivity contribution in [3.8, 4) is 0 Å². The minimum Gasteiger partial charge on any atom is -0.342 e. The molecular weight excluding hydrogens is 368 g/mol. The van der Waals surface area contributed by atoms with Gasteiger partial charge in [-0.2, -0.15) is 4.31 Å². The van der Waals surface area contributed by atoms with Gasteiger partial charge in [0.25, 0.3) is 0 Å². The van der Waals surface area contributed by atoms with Gasteiger partial charge < -0.3 is 4.90 Å². The highest BCUT2D eigenvalue weighted by molar-refractivity contribution is 7.98. The molecule has 0 radical (unpaired) electrons. The molecule has 1 aromatic rings. The van der Waals surface area contributed by atoms with E-state index in [-0.39, 0.29) is 11.8 Å². The van der Waals surface area contributed by atoms with Gasteiger partial charge in [-0.25, -0.2) is 8.42 Å². The van der Waals surface area contributed by atoms with E-state index in [4.69, 9.17) is 0 Å². The quantitative estimate of drug-likeness (QED) is 0.734. The van der Waals surface area contributed by atoms with E-state index in [1.54, 1.807) is 23.9 Å². The third-order valence-corrected chi connectivity index (χ3v) is 8.25. The number of piperidine rings is 2. The summed E-state index contributed by atoms with van der Waals surface area (Å²) in [6.45, 7) is 4.78. The Labute approximate surface area is 161 Å². The van der Waals surface area contributed by atoms with Gasteiger partial charge in [-0.3, -0.25) is 4.79 Å². The molecule has 2 saturated heterocycles. The summed E-state index contributed by atoms with van der Waals surface area (Å²) >= 11 is 1.59. The molecule has 1 aromatic carbocycles. The van der Waals surface area contributed by atoms with E-state index >= 15 is 0 Å². The van der Waals surface area contributed by atoms with Crippen molar-refractivity contribution in [1.82, 2.24) is 9.21 Å². The van der Waals surface area contributed by atoms with Gasteiger partial charge in [0.2, 0.25) is 15.9 Å². The van der Waals surface area contributed by atoms with E-state index in [9.17, 15) is 13.2 Å². The molecule has 0 N–H and O–H groups in total. The standard InChI is InChI=1S/C19H28N2O3S2/c1-15-7-11-20(12-8-15)19(22)16-9-13-21(14-10-16)26(23,24)18-5-3-17(25-2)4-6-18/h3-6,15-16H,7-14H2,1-2H3. The molecule has 0 bridgehead atoms. The van der Waals surface area contributed by atoms with Crippen molar-refractivity contribution in [3.63, 3.8) is 0 Å². The summed E-state index contributed by atoms with van der Waals surface area (Å²) < 4.78 is 27.2. The van der Waals surface area contributed by atoms with Crippen LogP contribution in [0, 0.1) is 11.8 Å². The van der Waals surface area contributed by atoms with Crippen LogP contribution in [0.15, 0.2) is 34.1 Å². The molecule has 144 valence electrons. The summed E-state index contributed by atoms with van der Waals surface area (Å²) in [7, 11) is -3.47. The number of likely N-dealkylation sites (tertiary alicyclic amines) is 1. The molecule has 2 heterocycles. The van der Waals surface area contributed by atoms with Crippen molar-refractivity contribution >= 4 is 27.7 Å². The first-order chi connectivity index (χ1) is 12.4. The van der Waals surface area contributed by atoms with Gasteiger partial charge in [0, 0.05) is 37.0 Å². The molecule has 0 aliphatic carbocycles. The zero-order valence-corrected chi connectivity index (χ0v) is 17.2. The van der Waals surface area contributed by atoms with E-state index in [1.807, 2.05) is 23.3 Å². The Kier molecular flexibility index (Phi) is 6.30. The van der Waals surface area contributed by atoms with Crippen LogP contribution in [-0.4, -0.2) is 56.0 Å². The minimum absolute atomic E-state index is 0.0336. The largest absolute Gasteiger partial charge is 0.342 e. The van der Waals surface area contributed by atoms with Crippen LogP contribution in [0.2, 0.25) is 0 Å². The number of benzene rings is 1. The predicted octanol–water partition coefficient (Wildman–Crippen LogP) is 3.07.